The Bertz CT molecular complexity index is 639. The summed E-state index contributed by atoms with van der Waals surface area (Å²) in [4.78, 5) is 38.0. The Morgan fingerprint density at radius 1 is 1.00 bits per heavy atom. The summed E-state index contributed by atoms with van der Waals surface area (Å²) in [6.45, 7) is 4.44. The third-order valence-corrected chi connectivity index (χ3v) is 4.45. The van der Waals surface area contributed by atoms with Gasteiger partial charge in [-0.3, -0.25) is 14.5 Å². The molecule has 7 heteroatoms. The maximum atomic E-state index is 12.6. The van der Waals surface area contributed by atoms with E-state index < -0.39 is 30.0 Å². The highest BCUT2D eigenvalue weighted by molar-refractivity contribution is 6.21. The van der Waals surface area contributed by atoms with Gasteiger partial charge in [0.05, 0.1) is 17.7 Å². The van der Waals surface area contributed by atoms with E-state index in [1.54, 1.807) is 24.3 Å². The Balaban J connectivity index is 2.17. The van der Waals surface area contributed by atoms with Gasteiger partial charge in [0, 0.05) is 13.2 Å². The van der Waals surface area contributed by atoms with Crippen LogP contribution in [0.4, 0.5) is 0 Å². The van der Waals surface area contributed by atoms with E-state index in [1.165, 1.54) is 0 Å². The summed E-state index contributed by atoms with van der Waals surface area (Å²) in [6.07, 6.45) is 1.06. The number of benzene rings is 1. The van der Waals surface area contributed by atoms with Crippen molar-refractivity contribution in [2.45, 2.75) is 51.7 Å². The summed E-state index contributed by atoms with van der Waals surface area (Å²) < 4.78 is 11.3. The number of nitrogens with zero attached hydrogens (tertiary/aromatic N) is 1. The summed E-state index contributed by atoms with van der Waals surface area (Å²) in [6, 6.07) is 6.57. The topological polar surface area (TPSA) is 93.1 Å². The lowest BCUT2D eigenvalue weighted by molar-refractivity contribution is -0.163. The second kappa shape index (κ2) is 10.2. The number of carboxylic acids is 1. The second-order valence-electron chi connectivity index (χ2n) is 6.51. The Morgan fingerprint density at radius 2 is 1.52 bits per heavy atom. The van der Waals surface area contributed by atoms with Gasteiger partial charge in [-0.05, 0) is 25.0 Å². The smallest absolute Gasteiger partial charge is 0.335 e. The minimum atomic E-state index is -1.24. The number of hydrogen-bond donors (Lipinski definition) is 1. The molecular weight excluding hydrogens is 350 g/mol. The van der Waals surface area contributed by atoms with Gasteiger partial charge in [-0.1, -0.05) is 38.8 Å². The first-order valence-electron chi connectivity index (χ1n) is 9.42. The first kappa shape index (κ1) is 21.1. The number of carbonyl (C=O) groups excluding carboxylic acids is 2. The van der Waals surface area contributed by atoms with Crippen molar-refractivity contribution in [3.63, 3.8) is 0 Å². The van der Waals surface area contributed by atoms with Gasteiger partial charge in [-0.25, -0.2) is 4.79 Å². The molecule has 1 aliphatic heterocycles. The molecular formula is C20H27NO6. The van der Waals surface area contributed by atoms with E-state index in [-0.39, 0.29) is 13.2 Å². The highest BCUT2D eigenvalue weighted by Crippen LogP contribution is 2.24. The van der Waals surface area contributed by atoms with E-state index in [4.69, 9.17) is 9.47 Å². The monoisotopic (exact) mass is 377 g/mol. The zero-order valence-electron chi connectivity index (χ0n) is 15.8. The van der Waals surface area contributed by atoms with E-state index in [0.717, 1.165) is 30.6 Å². The van der Waals surface area contributed by atoms with Crippen molar-refractivity contribution in [1.82, 2.24) is 4.90 Å². The molecule has 0 unspecified atom stereocenters. The third kappa shape index (κ3) is 5.14. The minimum absolute atomic E-state index is 0.154. The summed E-state index contributed by atoms with van der Waals surface area (Å²) in [5.74, 6) is -2.03. The normalized spacial score (nSPS) is 15.7. The summed E-state index contributed by atoms with van der Waals surface area (Å²) in [5, 5.41) is 9.59. The van der Waals surface area contributed by atoms with E-state index in [9.17, 15) is 19.5 Å². The maximum absolute atomic E-state index is 12.6. The van der Waals surface area contributed by atoms with Crippen LogP contribution in [0.15, 0.2) is 24.3 Å². The number of amides is 2. The fraction of sp³-hybridized carbons (Fsp3) is 0.550. The lowest BCUT2D eigenvalue weighted by atomic mass is 10.1. The molecule has 0 spiro atoms. The van der Waals surface area contributed by atoms with Crippen molar-refractivity contribution in [1.29, 1.82) is 0 Å². The molecule has 2 atom stereocenters. The minimum Gasteiger partial charge on any atom is -0.479 e. The summed E-state index contributed by atoms with van der Waals surface area (Å²) in [5.41, 5.74) is 0.655. The lowest BCUT2D eigenvalue weighted by Gasteiger charge is -2.27. The average molecular weight is 377 g/mol. The van der Waals surface area contributed by atoms with E-state index >= 15 is 0 Å². The van der Waals surface area contributed by atoms with Crippen molar-refractivity contribution >= 4 is 17.8 Å². The molecule has 1 aliphatic rings. The third-order valence-electron chi connectivity index (χ3n) is 4.45. The second-order valence-corrected chi connectivity index (χ2v) is 6.51. The molecule has 1 N–H and O–H groups in total. The first-order chi connectivity index (χ1) is 13.0. The average Bonchev–Trinajstić information content (AvgIpc) is 2.90. The fourth-order valence-electron chi connectivity index (χ4n) is 2.89. The zero-order chi connectivity index (χ0) is 19.8. The SMILES string of the molecule is CCCCO[C@H](C(=O)O)[C@@H](CN1C(=O)c2ccccc2C1=O)OCCCC. The molecule has 2 amide bonds. The summed E-state index contributed by atoms with van der Waals surface area (Å²) in [7, 11) is 0. The van der Waals surface area contributed by atoms with Gasteiger partial charge in [0.1, 0.15) is 6.10 Å². The molecule has 1 aromatic rings. The molecule has 0 saturated carbocycles. The standard InChI is InChI=1S/C20H27NO6/c1-3-5-11-26-16(17(20(24)25)27-12-6-4-2)13-21-18(22)14-9-7-8-10-15(14)19(21)23/h7-10,16-17H,3-6,11-13H2,1-2H3,(H,24,25)/t16-,17+/m1/s1. The van der Waals surface area contributed by atoms with Crippen molar-refractivity contribution < 1.29 is 29.0 Å². The van der Waals surface area contributed by atoms with Crippen LogP contribution in [-0.4, -0.2) is 59.8 Å². The van der Waals surface area contributed by atoms with E-state index in [1.807, 2.05) is 13.8 Å². The highest BCUT2D eigenvalue weighted by Gasteiger charge is 2.40. The van der Waals surface area contributed by atoms with Gasteiger partial charge in [-0.15, -0.1) is 0 Å². The van der Waals surface area contributed by atoms with Crippen LogP contribution in [0, 0.1) is 0 Å². The number of unbranched alkanes of at least 4 members (excludes halogenated alkanes) is 2. The van der Waals surface area contributed by atoms with Crippen LogP contribution in [0.3, 0.4) is 0 Å². The zero-order valence-corrected chi connectivity index (χ0v) is 15.8. The molecule has 2 rings (SSSR count). The van der Waals surface area contributed by atoms with Crippen molar-refractivity contribution in [2.75, 3.05) is 19.8 Å². The largest absolute Gasteiger partial charge is 0.479 e. The molecule has 27 heavy (non-hydrogen) atoms. The molecule has 7 nitrogen and oxygen atoms in total. The van der Waals surface area contributed by atoms with Gasteiger partial charge in [-0.2, -0.15) is 0 Å². The number of aliphatic carboxylic acids is 1. The number of carbonyl (C=O) groups is 3. The Morgan fingerprint density at radius 3 is 2.00 bits per heavy atom. The Labute approximate surface area is 159 Å². The molecule has 148 valence electrons. The van der Waals surface area contributed by atoms with Crippen LogP contribution in [0.1, 0.15) is 60.2 Å². The van der Waals surface area contributed by atoms with Gasteiger partial charge >= 0.3 is 5.97 Å². The lowest BCUT2D eigenvalue weighted by Crippen LogP contribution is -2.47. The Hall–Kier alpha value is -2.25. The van der Waals surface area contributed by atoms with Crippen molar-refractivity contribution in [2.24, 2.45) is 0 Å². The van der Waals surface area contributed by atoms with E-state index in [2.05, 4.69) is 0 Å². The molecule has 0 radical (unpaired) electrons. The molecule has 1 heterocycles. The van der Waals surface area contributed by atoms with Crippen molar-refractivity contribution in [3.8, 4) is 0 Å². The summed E-state index contributed by atoms with van der Waals surface area (Å²) >= 11 is 0. The van der Waals surface area contributed by atoms with Crippen LogP contribution < -0.4 is 0 Å². The first-order valence-corrected chi connectivity index (χ1v) is 9.42. The van der Waals surface area contributed by atoms with Crippen molar-refractivity contribution in [3.05, 3.63) is 35.4 Å². The molecule has 0 saturated heterocycles. The quantitative estimate of drug-likeness (QED) is 0.445. The number of hydrogen-bond acceptors (Lipinski definition) is 5. The van der Waals surface area contributed by atoms with Crippen LogP contribution >= 0.6 is 0 Å². The predicted octanol–water partition coefficient (Wildman–Crippen LogP) is 2.74. The number of rotatable bonds is 12. The number of carboxylic acid groups (broad SMARTS) is 1. The fourth-order valence-corrected chi connectivity index (χ4v) is 2.89. The van der Waals surface area contributed by atoms with Gasteiger partial charge < -0.3 is 14.6 Å². The van der Waals surface area contributed by atoms with Crippen LogP contribution in [0.5, 0.6) is 0 Å². The van der Waals surface area contributed by atoms with E-state index in [0.29, 0.717) is 17.7 Å². The van der Waals surface area contributed by atoms with Gasteiger partial charge in [0.25, 0.3) is 11.8 Å². The van der Waals surface area contributed by atoms with Gasteiger partial charge in [0.15, 0.2) is 6.10 Å². The van der Waals surface area contributed by atoms with Crippen LogP contribution in [0.2, 0.25) is 0 Å². The maximum Gasteiger partial charge on any atom is 0.335 e. The number of fused-ring (bicyclic) bond motifs is 1. The molecule has 0 aliphatic carbocycles. The number of ether oxygens (including phenoxy) is 2. The molecule has 0 fully saturated rings. The predicted molar refractivity (Wildman–Crippen MR) is 98.7 cm³/mol. The molecule has 1 aromatic carbocycles. The number of imide groups is 1. The van der Waals surface area contributed by atoms with Crippen LogP contribution in [0.25, 0.3) is 0 Å². The molecule has 0 bridgehead atoms. The molecule has 0 aromatic heterocycles. The highest BCUT2D eigenvalue weighted by atomic mass is 16.6. The van der Waals surface area contributed by atoms with Crippen LogP contribution in [-0.2, 0) is 14.3 Å². The Kier molecular flexibility index (Phi) is 7.94. The van der Waals surface area contributed by atoms with Gasteiger partial charge in [0.2, 0.25) is 0 Å².